The molecule has 1 aromatic rings. The van der Waals surface area contributed by atoms with Crippen LogP contribution in [0.4, 0.5) is 5.82 Å². The van der Waals surface area contributed by atoms with Gasteiger partial charge in [-0.15, -0.1) is 0 Å². The fourth-order valence-electron chi connectivity index (χ4n) is 3.42. The zero-order chi connectivity index (χ0) is 13.9. The molecule has 3 heterocycles. The quantitative estimate of drug-likeness (QED) is 0.871. The molecule has 2 fully saturated rings. The lowest BCUT2D eigenvalue weighted by Crippen LogP contribution is -2.50. The highest BCUT2D eigenvalue weighted by atomic mass is 16.1. The van der Waals surface area contributed by atoms with Gasteiger partial charge in [0.1, 0.15) is 11.5 Å². The van der Waals surface area contributed by atoms with E-state index >= 15 is 0 Å². The van der Waals surface area contributed by atoms with E-state index in [9.17, 15) is 4.79 Å². The monoisotopic (exact) mass is 274 g/mol. The summed E-state index contributed by atoms with van der Waals surface area (Å²) in [7, 11) is 0. The van der Waals surface area contributed by atoms with Crippen LogP contribution in [-0.2, 0) is 0 Å². The minimum absolute atomic E-state index is 0.353. The van der Waals surface area contributed by atoms with Gasteiger partial charge in [-0.05, 0) is 50.8 Å². The second kappa shape index (κ2) is 5.79. The van der Waals surface area contributed by atoms with Crippen molar-refractivity contribution in [2.24, 2.45) is 5.73 Å². The van der Waals surface area contributed by atoms with Gasteiger partial charge in [-0.25, -0.2) is 4.98 Å². The number of pyridine rings is 1. The first-order valence-corrected chi connectivity index (χ1v) is 7.52. The molecule has 20 heavy (non-hydrogen) atoms. The number of aromatic nitrogens is 1. The van der Waals surface area contributed by atoms with Crippen LogP contribution in [0.2, 0.25) is 0 Å². The maximum absolute atomic E-state index is 11.3. The molecule has 0 radical (unpaired) electrons. The number of nitrogens with one attached hydrogen (secondary N) is 1. The van der Waals surface area contributed by atoms with Crippen LogP contribution in [0.5, 0.6) is 0 Å². The van der Waals surface area contributed by atoms with Gasteiger partial charge >= 0.3 is 0 Å². The Kier molecular flexibility index (Phi) is 3.87. The van der Waals surface area contributed by atoms with E-state index in [0.717, 1.165) is 18.9 Å². The highest BCUT2D eigenvalue weighted by Gasteiger charge is 2.32. The van der Waals surface area contributed by atoms with Gasteiger partial charge in [0.15, 0.2) is 0 Å². The van der Waals surface area contributed by atoms with Gasteiger partial charge in [0.2, 0.25) is 0 Å². The number of nitrogens with zero attached hydrogens (tertiary/aromatic N) is 2. The Morgan fingerprint density at radius 3 is 2.95 bits per heavy atom. The molecule has 2 atom stereocenters. The van der Waals surface area contributed by atoms with Crippen molar-refractivity contribution in [2.75, 3.05) is 18.0 Å². The summed E-state index contributed by atoms with van der Waals surface area (Å²) in [5, 5.41) is 3.60. The molecule has 2 saturated heterocycles. The Hall–Kier alpha value is -1.62. The number of primary amides is 1. The van der Waals surface area contributed by atoms with Gasteiger partial charge in [0.05, 0.1) is 0 Å². The van der Waals surface area contributed by atoms with E-state index in [1.54, 1.807) is 6.07 Å². The number of carbonyl (C=O) groups is 1. The van der Waals surface area contributed by atoms with Crippen molar-refractivity contribution in [1.29, 1.82) is 0 Å². The summed E-state index contributed by atoms with van der Waals surface area (Å²) in [5.41, 5.74) is 5.69. The lowest BCUT2D eigenvalue weighted by Gasteiger charge is -2.40. The van der Waals surface area contributed by atoms with Crippen molar-refractivity contribution in [1.82, 2.24) is 10.3 Å². The van der Waals surface area contributed by atoms with E-state index in [4.69, 9.17) is 5.73 Å². The molecule has 0 aromatic carbocycles. The third-order valence-corrected chi connectivity index (χ3v) is 4.39. The molecule has 0 saturated carbocycles. The topological polar surface area (TPSA) is 71.2 Å². The fraction of sp³-hybridized carbons (Fsp3) is 0.600. The predicted molar refractivity (Wildman–Crippen MR) is 78.8 cm³/mol. The van der Waals surface area contributed by atoms with Crippen molar-refractivity contribution in [3.63, 3.8) is 0 Å². The van der Waals surface area contributed by atoms with E-state index in [1.165, 1.54) is 32.1 Å². The van der Waals surface area contributed by atoms with E-state index in [2.05, 4.69) is 15.2 Å². The fourth-order valence-corrected chi connectivity index (χ4v) is 3.42. The average Bonchev–Trinajstić information content (AvgIpc) is 3.01. The number of rotatable bonds is 3. The molecule has 5 heteroatoms. The van der Waals surface area contributed by atoms with Gasteiger partial charge in [0.25, 0.3) is 5.91 Å². The van der Waals surface area contributed by atoms with Crippen molar-refractivity contribution >= 4 is 11.7 Å². The number of anilines is 1. The second-order valence-electron chi connectivity index (χ2n) is 5.70. The van der Waals surface area contributed by atoms with Crippen molar-refractivity contribution in [2.45, 2.75) is 44.2 Å². The highest BCUT2D eigenvalue weighted by molar-refractivity contribution is 5.91. The molecule has 5 nitrogen and oxygen atoms in total. The Labute approximate surface area is 119 Å². The van der Waals surface area contributed by atoms with Crippen LogP contribution in [0.15, 0.2) is 18.2 Å². The zero-order valence-corrected chi connectivity index (χ0v) is 11.7. The third-order valence-electron chi connectivity index (χ3n) is 4.39. The molecule has 2 unspecified atom stereocenters. The number of piperidine rings is 1. The van der Waals surface area contributed by atoms with Gasteiger partial charge in [-0.1, -0.05) is 6.07 Å². The smallest absolute Gasteiger partial charge is 0.267 e. The lowest BCUT2D eigenvalue weighted by molar-refractivity contribution is 0.0995. The zero-order valence-electron chi connectivity index (χ0n) is 11.7. The van der Waals surface area contributed by atoms with Crippen LogP contribution < -0.4 is 16.0 Å². The highest BCUT2D eigenvalue weighted by Crippen LogP contribution is 2.28. The first kappa shape index (κ1) is 13.4. The molecule has 0 spiro atoms. The minimum Gasteiger partial charge on any atom is -0.364 e. The molecule has 2 aliphatic heterocycles. The summed E-state index contributed by atoms with van der Waals surface area (Å²) in [5.74, 6) is 0.430. The van der Waals surface area contributed by atoms with E-state index in [-0.39, 0.29) is 0 Å². The molecule has 1 aromatic heterocycles. The molecule has 3 N–H and O–H groups in total. The van der Waals surface area contributed by atoms with Crippen LogP contribution in [0.1, 0.15) is 42.6 Å². The summed E-state index contributed by atoms with van der Waals surface area (Å²) in [6, 6.07) is 6.57. The maximum atomic E-state index is 11.3. The van der Waals surface area contributed by atoms with Crippen molar-refractivity contribution in [3.05, 3.63) is 23.9 Å². The molecule has 2 aliphatic rings. The largest absolute Gasteiger partial charge is 0.364 e. The second-order valence-corrected chi connectivity index (χ2v) is 5.70. The van der Waals surface area contributed by atoms with E-state index < -0.39 is 5.91 Å². The third kappa shape index (κ3) is 2.63. The SMILES string of the molecule is NC(=O)c1cccc(N2CCCCC2C2CCCN2)n1. The van der Waals surface area contributed by atoms with Gasteiger partial charge in [-0.2, -0.15) is 0 Å². The Morgan fingerprint density at radius 2 is 2.20 bits per heavy atom. The van der Waals surface area contributed by atoms with Crippen LogP contribution in [0.3, 0.4) is 0 Å². The van der Waals surface area contributed by atoms with Gasteiger partial charge in [0, 0.05) is 18.6 Å². The summed E-state index contributed by atoms with van der Waals surface area (Å²) >= 11 is 0. The first-order valence-electron chi connectivity index (χ1n) is 7.52. The molecule has 108 valence electrons. The van der Waals surface area contributed by atoms with Crippen molar-refractivity contribution in [3.8, 4) is 0 Å². The summed E-state index contributed by atoms with van der Waals surface area (Å²) in [6.45, 7) is 2.13. The normalized spacial score (nSPS) is 26.7. The number of hydrogen-bond acceptors (Lipinski definition) is 4. The maximum Gasteiger partial charge on any atom is 0.267 e. The van der Waals surface area contributed by atoms with Crippen LogP contribution >= 0.6 is 0 Å². The van der Waals surface area contributed by atoms with Crippen molar-refractivity contribution < 1.29 is 4.79 Å². The first-order chi connectivity index (χ1) is 9.75. The standard InChI is InChI=1S/C15H22N4O/c16-15(20)12-5-3-8-14(18-12)19-10-2-1-7-13(19)11-6-4-9-17-11/h3,5,8,11,13,17H,1-2,4,6-7,9-10H2,(H2,16,20). The number of hydrogen-bond donors (Lipinski definition) is 2. The molecular weight excluding hydrogens is 252 g/mol. The molecule has 3 rings (SSSR count). The van der Waals surface area contributed by atoms with Crippen LogP contribution in [0, 0.1) is 0 Å². The van der Waals surface area contributed by atoms with E-state index in [0.29, 0.717) is 17.8 Å². The van der Waals surface area contributed by atoms with Crippen LogP contribution in [0.25, 0.3) is 0 Å². The molecular formula is C15H22N4O. The number of nitrogens with two attached hydrogens (primary N) is 1. The minimum atomic E-state index is -0.459. The Morgan fingerprint density at radius 1 is 1.30 bits per heavy atom. The predicted octanol–water partition coefficient (Wildman–Crippen LogP) is 1.29. The average molecular weight is 274 g/mol. The summed E-state index contributed by atoms with van der Waals surface area (Å²) < 4.78 is 0. The lowest BCUT2D eigenvalue weighted by atomic mass is 9.94. The van der Waals surface area contributed by atoms with Crippen LogP contribution in [-0.4, -0.2) is 36.1 Å². The molecule has 0 bridgehead atoms. The summed E-state index contributed by atoms with van der Waals surface area (Å²) in [6.07, 6.45) is 6.14. The van der Waals surface area contributed by atoms with Gasteiger partial charge < -0.3 is 16.0 Å². The van der Waals surface area contributed by atoms with Gasteiger partial charge in [-0.3, -0.25) is 4.79 Å². The summed E-state index contributed by atoms with van der Waals surface area (Å²) in [4.78, 5) is 18.1. The molecule has 1 amide bonds. The molecule has 0 aliphatic carbocycles. The number of amides is 1. The number of carbonyl (C=O) groups excluding carboxylic acids is 1. The Bertz CT molecular complexity index is 485. The van der Waals surface area contributed by atoms with E-state index in [1.807, 2.05) is 12.1 Å². The Balaban J connectivity index is 1.85.